The summed E-state index contributed by atoms with van der Waals surface area (Å²) in [5.74, 6) is -1.98. The maximum absolute atomic E-state index is 12.6. The van der Waals surface area contributed by atoms with E-state index < -0.39 is 11.9 Å². The van der Waals surface area contributed by atoms with Crippen LogP contribution in [0.4, 0.5) is 0 Å². The Morgan fingerprint density at radius 1 is 0.931 bits per heavy atom. The number of aliphatic hydroxyl groups excluding tert-OH is 1. The summed E-state index contributed by atoms with van der Waals surface area (Å²) in [4.78, 5) is 23.8. The predicted octanol–water partition coefficient (Wildman–Crippen LogP) is 3.31. The minimum atomic E-state index is -0.843. The zero-order valence-corrected chi connectivity index (χ0v) is 18.2. The monoisotopic (exact) mass is 414 g/mol. The molecule has 2 heterocycles. The summed E-state index contributed by atoms with van der Waals surface area (Å²) < 4.78 is 17.6. The zero-order chi connectivity index (χ0) is 21.6. The molecular weight excluding hydrogens is 376 g/mol. The number of carbonyl (C=O) groups excluding carboxylic acids is 1. The fraction of sp³-hybridized carbons (Fsp3) is 0.909. The molecule has 0 aromatic rings. The van der Waals surface area contributed by atoms with Crippen LogP contribution in [0, 0.1) is 11.8 Å². The lowest BCUT2D eigenvalue weighted by molar-refractivity contribution is -0.160. The summed E-state index contributed by atoms with van der Waals surface area (Å²) in [6, 6.07) is 0. The smallest absolute Gasteiger partial charge is 0.311 e. The molecule has 2 N–H and O–H groups in total. The number of rotatable bonds is 11. The average Bonchev–Trinajstić information content (AvgIpc) is 3.35. The van der Waals surface area contributed by atoms with Crippen LogP contribution in [0.15, 0.2) is 0 Å². The number of hydrogen-bond acceptors (Lipinski definition) is 6. The lowest BCUT2D eigenvalue weighted by Crippen LogP contribution is -2.33. The molecular formula is C22H38O7. The third kappa shape index (κ3) is 6.93. The summed E-state index contributed by atoms with van der Waals surface area (Å²) in [7, 11) is 0. The van der Waals surface area contributed by atoms with E-state index in [1.54, 1.807) is 6.92 Å². The molecule has 0 aliphatic carbocycles. The molecule has 2 saturated heterocycles. The molecule has 168 valence electrons. The van der Waals surface area contributed by atoms with Crippen LogP contribution in [-0.4, -0.2) is 58.8 Å². The predicted molar refractivity (Wildman–Crippen MR) is 107 cm³/mol. The Labute approximate surface area is 174 Å². The second kappa shape index (κ2) is 11.3. The molecule has 2 rings (SSSR count). The molecule has 7 heteroatoms. The van der Waals surface area contributed by atoms with Crippen molar-refractivity contribution in [3.8, 4) is 0 Å². The van der Waals surface area contributed by atoms with Gasteiger partial charge in [0.05, 0.1) is 42.4 Å². The molecule has 0 saturated carbocycles. The van der Waals surface area contributed by atoms with Crippen molar-refractivity contribution >= 4 is 11.9 Å². The van der Waals surface area contributed by atoms with Gasteiger partial charge in [0.15, 0.2) is 0 Å². The Balaban J connectivity index is 1.78. The van der Waals surface area contributed by atoms with Gasteiger partial charge >= 0.3 is 11.9 Å². The third-order valence-corrected chi connectivity index (χ3v) is 6.43. The van der Waals surface area contributed by atoms with E-state index in [1.807, 2.05) is 20.8 Å². The van der Waals surface area contributed by atoms with Gasteiger partial charge in [-0.2, -0.15) is 0 Å². The molecule has 0 spiro atoms. The highest BCUT2D eigenvalue weighted by molar-refractivity contribution is 5.73. The molecule has 2 aliphatic heterocycles. The van der Waals surface area contributed by atoms with Crippen LogP contribution >= 0.6 is 0 Å². The maximum atomic E-state index is 12.6. The first kappa shape index (κ1) is 24.1. The topological polar surface area (TPSA) is 102 Å². The van der Waals surface area contributed by atoms with Crippen molar-refractivity contribution in [2.75, 3.05) is 0 Å². The van der Waals surface area contributed by atoms with E-state index in [-0.39, 0.29) is 48.5 Å². The minimum Gasteiger partial charge on any atom is -0.481 e. The van der Waals surface area contributed by atoms with Gasteiger partial charge in [0.2, 0.25) is 0 Å². The van der Waals surface area contributed by atoms with Crippen molar-refractivity contribution in [3.05, 3.63) is 0 Å². The van der Waals surface area contributed by atoms with E-state index in [0.717, 1.165) is 25.7 Å². The molecule has 8 atom stereocenters. The van der Waals surface area contributed by atoms with Gasteiger partial charge in [0.1, 0.15) is 6.10 Å². The third-order valence-electron chi connectivity index (χ3n) is 6.43. The molecule has 0 unspecified atom stereocenters. The first-order valence-electron chi connectivity index (χ1n) is 11.2. The molecule has 0 radical (unpaired) electrons. The summed E-state index contributed by atoms with van der Waals surface area (Å²) in [5.41, 5.74) is 0. The van der Waals surface area contributed by atoms with E-state index >= 15 is 0 Å². The molecule has 0 aromatic heterocycles. The van der Waals surface area contributed by atoms with Gasteiger partial charge in [-0.1, -0.05) is 13.8 Å². The van der Waals surface area contributed by atoms with Crippen LogP contribution < -0.4 is 0 Å². The number of ether oxygens (including phenoxy) is 3. The Hall–Kier alpha value is -1.18. The van der Waals surface area contributed by atoms with Crippen LogP contribution in [-0.2, 0) is 23.8 Å². The minimum absolute atomic E-state index is 0.00668. The van der Waals surface area contributed by atoms with Crippen LogP contribution in [0.2, 0.25) is 0 Å². The summed E-state index contributed by atoms with van der Waals surface area (Å²) in [6.45, 7) is 7.43. The van der Waals surface area contributed by atoms with Crippen LogP contribution in [0.5, 0.6) is 0 Å². The molecule has 2 fully saturated rings. The van der Waals surface area contributed by atoms with E-state index in [2.05, 4.69) is 0 Å². The molecule has 7 nitrogen and oxygen atoms in total. The van der Waals surface area contributed by atoms with Crippen molar-refractivity contribution in [2.24, 2.45) is 11.8 Å². The SMILES string of the molecule is CC[C@H](O)C[C@@H]1CC[C@H]([C@H](C)C(=O)O[C@H](CC)C[C@@H]2CC[C@H]([C@@H](C)C(=O)O)O2)O1. The normalized spacial score (nSPS) is 31.2. The van der Waals surface area contributed by atoms with Crippen LogP contribution in [0.25, 0.3) is 0 Å². The van der Waals surface area contributed by atoms with Crippen molar-refractivity contribution in [3.63, 3.8) is 0 Å². The van der Waals surface area contributed by atoms with Gasteiger partial charge < -0.3 is 24.4 Å². The first-order valence-corrected chi connectivity index (χ1v) is 11.2. The van der Waals surface area contributed by atoms with E-state index in [0.29, 0.717) is 25.7 Å². The fourth-order valence-corrected chi connectivity index (χ4v) is 4.19. The quantitative estimate of drug-likeness (QED) is 0.500. The highest BCUT2D eigenvalue weighted by Gasteiger charge is 2.37. The van der Waals surface area contributed by atoms with Gasteiger partial charge in [-0.25, -0.2) is 0 Å². The second-order valence-corrected chi connectivity index (χ2v) is 8.66. The van der Waals surface area contributed by atoms with Crippen molar-refractivity contribution in [1.82, 2.24) is 0 Å². The van der Waals surface area contributed by atoms with Gasteiger partial charge in [0, 0.05) is 6.42 Å². The van der Waals surface area contributed by atoms with Crippen LogP contribution in [0.1, 0.15) is 79.1 Å². The standard InChI is InChI=1S/C22H38O7/c1-5-15(23)11-17-7-10-20(27-17)14(4)22(26)29-16(6-2)12-18-8-9-19(28-18)13(3)21(24)25/h13-20,23H,5-12H2,1-4H3,(H,24,25)/t13-,14+,15+,16-,17+,18+,19-,20-/m1/s1. The Kier molecular flexibility index (Phi) is 9.37. The van der Waals surface area contributed by atoms with E-state index in [1.165, 1.54) is 0 Å². The number of aliphatic carboxylic acids is 1. The van der Waals surface area contributed by atoms with Crippen molar-refractivity contribution < 1.29 is 34.0 Å². The largest absolute Gasteiger partial charge is 0.481 e. The van der Waals surface area contributed by atoms with Crippen molar-refractivity contribution in [1.29, 1.82) is 0 Å². The van der Waals surface area contributed by atoms with Gasteiger partial charge in [-0.3, -0.25) is 9.59 Å². The average molecular weight is 415 g/mol. The molecule has 2 aliphatic rings. The Morgan fingerprint density at radius 3 is 2.00 bits per heavy atom. The Bertz CT molecular complexity index is 537. The van der Waals surface area contributed by atoms with Crippen molar-refractivity contribution in [2.45, 2.75) is 116 Å². The van der Waals surface area contributed by atoms with Gasteiger partial charge in [0.25, 0.3) is 0 Å². The number of carboxylic acid groups (broad SMARTS) is 1. The van der Waals surface area contributed by atoms with E-state index in [4.69, 9.17) is 19.3 Å². The summed E-state index contributed by atoms with van der Waals surface area (Å²) >= 11 is 0. The maximum Gasteiger partial charge on any atom is 0.311 e. The van der Waals surface area contributed by atoms with Gasteiger partial charge in [-0.15, -0.1) is 0 Å². The number of hydrogen-bond donors (Lipinski definition) is 2. The zero-order valence-electron chi connectivity index (χ0n) is 18.2. The number of esters is 1. The number of carbonyl (C=O) groups is 2. The molecule has 0 aromatic carbocycles. The lowest BCUT2D eigenvalue weighted by Gasteiger charge is -2.25. The number of carboxylic acids is 1. The molecule has 0 amide bonds. The summed E-state index contributed by atoms with van der Waals surface area (Å²) in [5, 5.41) is 19.0. The molecule has 0 bridgehead atoms. The highest BCUT2D eigenvalue weighted by atomic mass is 16.6. The molecule has 29 heavy (non-hydrogen) atoms. The number of aliphatic hydroxyl groups is 1. The van der Waals surface area contributed by atoms with Crippen LogP contribution in [0.3, 0.4) is 0 Å². The Morgan fingerprint density at radius 2 is 1.48 bits per heavy atom. The van der Waals surface area contributed by atoms with Gasteiger partial charge in [-0.05, 0) is 58.8 Å². The first-order chi connectivity index (χ1) is 13.7. The fourth-order valence-electron chi connectivity index (χ4n) is 4.19. The van der Waals surface area contributed by atoms with E-state index in [9.17, 15) is 14.7 Å². The lowest BCUT2D eigenvalue weighted by atomic mass is 10.00. The highest BCUT2D eigenvalue weighted by Crippen LogP contribution is 2.31. The summed E-state index contributed by atoms with van der Waals surface area (Å²) in [6.07, 6.45) is 4.66. The second-order valence-electron chi connectivity index (χ2n) is 8.66.